The SMILES string of the molecule is CN1CCCC12CCOCC2ON. The Bertz CT molecular complexity index is 188. The van der Waals surface area contributed by atoms with Gasteiger partial charge in [-0.05, 0) is 32.9 Å². The zero-order valence-corrected chi connectivity index (χ0v) is 8.16. The smallest absolute Gasteiger partial charge is 0.120 e. The van der Waals surface area contributed by atoms with Crippen molar-refractivity contribution in [3.8, 4) is 0 Å². The highest BCUT2D eigenvalue weighted by molar-refractivity contribution is 5.02. The molecule has 1 spiro atoms. The van der Waals surface area contributed by atoms with Crippen LogP contribution >= 0.6 is 0 Å². The van der Waals surface area contributed by atoms with E-state index in [1.165, 1.54) is 12.8 Å². The maximum absolute atomic E-state index is 5.38. The third kappa shape index (κ3) is 1.38. The van der Waals surface area contributed by atoms with Gasteiger partial charge in [-0.3, -0.25) is 9.74 Å². The monoisotopic (exact) mass is 186 g/mol. The number of nitrogens with two attached hydrogens (primary N) is 1. The molecular weight excluding hydrogens is 168 g/mol. The standard InChI is InChI=1S/C9H18N2O2/c1-11-5-2-3-9(11)4-6-12-7-8(9)13-10/h8H,2-7,10H2,1H3. The second-order valence-electron chi connectivity index (χ2n) is 4.08. The normalized spacial score (nSPS) is 41.5. The van der Waals surface area contributed by atoms with Crippen molar-refractivity contribution in [2.45, 2.75) is 30.9 Å². The Morgan fingerprint density at radius 3 is 3.00 bits per heavy atom. The van der Waals surface area contributed by atoms with Gasteiger partial charge in [0.1, 0.15) is 6.10 Å². The van der Waals surface area contributed by atoms with Crippen LogP contribution in [0.5, 0.6) is 0 Å². The molecule has 2 N–H and O–H groups in total. The lowest BCUT2D eigenvalue weighted by atomic mass is 9.85. The summed E-state index contributed by atoms with van der Waals surface area (Å²) in [5.74, 6) is 5.31. The van der Waals surface area contributed by atoms with Gasteiger partial charge in [0.25, 0.3) is 0 Å². The second kappa shape index (κ2) is 3.53. The summed E-state index contributed by atoms with van der Waals surface area (Å²) < 4.78 is 5.38. The Kier molecular flexibility index (Phi) is 2.55. The van der Waals surface area contributed by atoms with E-state index in [2.05, 4.69) is 11.9 Å². The molecule has 2 aliphatic heterocycles. The average Bonchev–Trinajstić information content (AvgIpc) is 2.50. The second-order valence-corrected chi connectivity index (χ2v) is 4.08. The predicted molar refractivity (Wildman–Crippen MR) is 49.1 cm³/mol. The maximum Gasteiger partial charge on any atom is 0.120 e. The number of ether oxygens (including phenoxy) is 1. The van der Waals surface area contributed by atoms with E-state index in [4.69, 9.17) is 15.5 Å². The Labute approximate surface area is 78.9 Å². The van der Waals surface area contributed by atoms with E-state index < -0.39 is 0 Å². The summed E-state index contributed by atoms with van der Waals surface area (Å²) in [7, 11) is 2.16. The summed E-state index contributed by atoms with van der Waals surface area (Å²) in [6.07, 6.45) is 3.53. The third-order valence-corrected chi connectivity index (χ3v) is 3.58. The van der Waals surface area contributed by atoms with Crippen molar-refractivity contribution in [2.24, 2.45) is 5.90 Å². The summed E-state index contributed by atoms with van der Waals surface area (Å²) in [5.41, 5.74) is 0.160. The van der Waals surface area contributed by atoms with Gasteiger partial charge in [0, 0.05) is 6.61 Å². The molecule has 0 aromatic rings. The van der Waals surface area contributed by atoms with Crippen molar-refractivity contribution in [1.82, 2.24) is 4.90 Å². The molecule has 2 fully saturated rings. The number of likely N-dealkylation sites (N-methyl/N-ethyl adjacent to an activating group) is 1. The summed E-state index contributed by atoms with van der Waals surface area (Å²) in [6.45, 7) is 2.63. The van der Waals surface area contributed by atoms with E-state index in [1.54, 1.807) is 0 Å². The highest BCUT2D eigenvalue weighted by Crippen LogP contribution is 2.37. The quantitative estimate of drug-likeness (QED) is 0.591. The fourth-order valence-corrected chi connectivity index (χ4v) is 2.68. The summed E-state index contributed by atoms with van der Waals surface area (Å²) in [6, 6.07) is 0. The first-order chi connectivity index (χ1) is 6.29. The molecule has 0 aliphatic carbocycles. The summed E-state index contributed by atoms with van der Waals surface area (Å²) in [4.78, 5) is 7.41. The molecule has 0 aromatic heterocycles. The fraction of sp³-hybridized carbons (Fsp3) is 1.00. The molecule has 2 atom stereocenters. The van der Waals surface area contributed by atoms with Gasteiger partial charge < -0.3 is 4.74 Å². The summed E-state index contributed by atoms with van der Waals surface area (Å²) in [5, 5.41) is 0. The van der Waals surface area contributed by atoms with Crippen molar-refractivity contribution in [3.63, 3.8) is 0 Å². The molecule has 76 valence electrons. The molecule has 0 radical (unpaired) electrons. The van der Waals surface area contributed by atoms with Crippen LogP contribution in [0.25, 0.3) is 0 Å². The van der Waals surface area contributed by atoms with E-state index in [9.17, 15) is 0 Å². The molecule has 2 aliphatic rings. The van der Waals surface area contributed by atoms with Crippen LogP contribution < -0.4 is 5.90 Å². The van der Waals surface area contributed by atoms with E-state index in [-0.39, 0.29) is 11.6 Å². The van der Waals surface area contributed by atoms with E-state index in [1.807, 2.05) is 0 Å². The molecule has 0 bridgehead atoms. The predicted octanol–water partition coefficient (Wildman–Crippen LogP) is 0.130. The maximum atomic E-state index is 5.38. The van der Waals surface area contributed by atoms with Crippen LogP contribution in [0.3, 0.4) is 0 Å². The van der Waals surface area contributed by atoms with Crippen molar-refractivity contribution in [3.05, 3.63) is 0 Å². The zero-order valence-electron chi connectivity index (χ0n) is 8.16. The van der Waals surface area contributed by atoms with Crippen molar-refractivity contribution in [1.29, 1.82) is 0 Å². The van der Waals surface area contributed by atoms with Gasteiger partial charge in [-0.1, -0.05) is 0 Å². The molecular formula is C9H18N2O2. The fourth-order valence-electron chi connectivity index (χ4n) is 2.68. The Balaban J connectivity index is 2.15. The third-order valence-electron chi connectivity index (χ3n) is 3.58. The van der Waals surface area contributed by atoms with Crippen LogP contribution in [0.15, 0.2) is 0 Å². The van der Waals surface area contributed by atoms with Crippen LogP contribution in [0.2, 0.25) is 0 Å². The molecule has 0 aromatic carbocycles. The lowest BCUT2D eigenvalue weighted by Gasteiger charge is -2.44. The Morgan fingerprint density at radius 2 is 2.38 bits per heavy atom. The number of rotatable bonds is 1. The topological polar surface area (TPSA) is 47.7 Å². The molecule has 13 heavy (non-hydrogen) atoms. The minimum absolute atomic E-state index is 0.0498. The van der Waals surface area contributed by atoms with Crippen LogP contribution in [-0.4, -0.2) is 43.3 Å². The number of likely N-dealkylation sites (tertiary alicyclic amines) is 1. The molecule has 2 rings (SSSR count). The van der Waals surface area contributed by atoms with Crippen molar-refractivity contribution in [2.75, 3.05) is 26.8 Å². The van der Waals surface area contributed by atoms with Crippen LogP contribution in [-0.2, 0) is 9.57 Å². The van der Waals surface area contributed by atoms with Crippen LogP contribution in [0.4, 0.5) is 0 Å². The van der Waals surface area contributed by atoms with Gasteiger partial charge in [0.15, 0.2) is 0 Å². The largest absolute Gasteiger partial charge is 0.379 e. The molecule has 2 heterocycles. The van der Waals surface area contributed by atoms with Crippen molar-refractivity contribution >= 4 is 0 Å². The van der Waals surface area contributed by atoms with Crippen molar-refractivity contribution < 1.29 is 9.57 Å². The van der Waals surface area contributed by atoms with Gasteiger partial charge >= 0.3 is 0 Å². The van der Waals surface area contributed by atoms with Gasteiger partial charge in [-0.2, -0.15) is 0 Å². The molecule has 4 nitrogen and oxygen atoms in total. The minimum atomic E-state index is 0.0498. The lowest BCUT2D eigenvalue weighted by Crippen LogP contribution is -2.58. The first kappa shape index (κ1) is 9.40. The molecule has 2 unspecified atom stereocenters. The first-order valence-electron chi connectivity index (χ1n) is 4.94. The van der Waals surface area contributed by atoms with Gasteiger partial charge in [0.05, 0.1) is 12.1 Å². The summed E-state index contributed by atoms with van der Waals surface area (Å²) >= 11 is 0. The van der Waals surface area contributed by atoms with Gasteiger partial charge in [-0.25, -0.2) is 5.90 Å². The van der Waals surface area contributed by atoms with Gasteiger partial charge in [-0.15, -0.1) is 0 Å². The van der Waals surface area contributed by atoms with Gasteiger partial charge in [0.2, 0.25) is 0 Å². The Hall–Kier alpha value is -0.160. The lowest BCUT2D eigenvalue weighted by molar-refractivity contribution is -0.133. The highest BCUT2D eigenvalue weighted by Gasteiger charge is 2.47. The first-order valence-corrected chi connectivity index (χ1v) is 4.94. The number of hydrogen-bond donors (Lipinski definition) is 1. The molecule has 0 amide bonds. The van der Waals surface area contributed by atoms with E-state index >= 15 is 0 Å². The highest BCUT2D eigenvalue weighted by atomic mass is 16.6. The van der Waals surface area contributed by atoms with Crippen LogP contribution in [0, 0.1) is 0 Å². The Morgan fingerprint density at radius 1 is 1.54 bits per heavy atom. The molecule has 2 saturated heterocycles. The van der Waals surface area contributed by atoms with E-state index in [0.717, 1.165) is 19.6 Å². The number of nitrogens with zero attached hydrogens (tertiary/aromatic N) is 1. The number of hydrogen-bond acceptors (Lipinski definition) is 4. The zero-order chi connectivity index (χ0) is 9.31. The van der Waals surface area contributed by atoms with Crippen LogP contribution in [0.1, 0.15) is 19.3 Å². The molecule has 4 heteroatoms. The van der Waals surface area contributed by atoms with E-state index in [0.29, 0.717) is 6.61 Å². The minimum Gasteiger partial charge on any atom is -0.379 e. The molecule has 0 saturated carbocycles. The average molecular weight is 186 g/mol.